The van der Waals surface area contributed by atoms with E-state index in [4.69, 9.17) is 13.8 Å². The van der Waals surface area contributed by atoms with Crippen LogP contribution in [-0.4, -0.2) is 43.8 Å². The summed E-state index contributed by atoms with van der Waals surface area (Å²) in [6.07, 6.45) is -1.17. The molecular weight excluding hydrogens is 219 g/mol. The Labute approximate surface area is 91.3 Å². The van der Waals surface area contributed by atoms with Gasteiger partial charge in [0.2, 0.25) is 0 Å². The van der Waals surface area contributed by atoms with Crippen LogP contribution in [0.1, 0.15) is 20.8 Å². The first-order chi connectivity index (χ1) is 6.99. The van der Waals surface area contributed by atoms with Crippen LogP contribution in [0.15, 0.2) is 0 Å². The molecule has 1 N–H and O–H groups in total. The van der Waals surface area contributed by atoms with Crippen LogP contribution >= 0.6 is 7.60 Å². The van der Waals surface area contributed by atoms with Crippen molar-refractivity contribution in [2.75, 3.05) is 26.5 Å². The number of hydrogen-bond acceptors (Lipinski definition) is 5. The van der Waals surface area contributed by atoms with Crippen LogP contribution in [0.5, 0.6) is 0 Å². The van der Waals surface area contributed by atoms with Crippen molar-refractivity contribution in [1.29, 1.82) is 0 Å². The molecule has 0 spiro atoms. The van der Waals surface area contributed by atoms with Crippen LogP contribution in [0.2, 0.25) is 0 Å². The van der Waals surface area contributed by atoms with Crippen molar-refractivity contribution in [2.24, 2.45) is 0 Å². The van der Waals surface area contributed by atoms with Gasteiger partial charge in [0, 0.05) is 7.11 Å². The van der Waals surface area contributed by atoms with Gasteiger partial charge < -0.3 is 18.9 Å². The summed E-state index contributed by atoms with van der Waals surface area (Å²) in [5, 5.41) is 9.35. The molecule has 0 aliphatic carbocycles. The number of hydrogen-bond donors (Lipinski definition) is 1. The zero-order valence-electron chi connectivity index (χ0n) is 9.80. The third-order valence-corrected chi connectivity index (χ3v) is 4.01. The number of aliphatic hydroxyl groups excluding tert-OH is 1. The summed E-state index contributed by atoms with van der Waals surface area (Å²) in [6, 6.07) is 0. The Morgan fingerprint density at radius 1 is 1.27 bits per heavy atom. The molecule has 0 aromatic heterocycles. The summed E-state index contributed by atoms with van der Waals surface area (Å²) < 4.78 is 27.3. The maximum atomic E-state index is 12.1. The molecule has 15 heavy (non-hydrogen) atoms. The normalized spacial score (nSPS) is 16.3. The van der Waals surface area contributed by atoms with Crippen molar-refractivity contribution in [3.63, 3.8) is 0 Å². The van der Waals surface area contributed by atoms with Crippen molar-refractivity contribution in [3.8, 4) is 0 Å². The first-order valence-corrected chi connectivity index (χ1v) is 6.80. The van der Waals surface area contributed by atoms with Gasteiger partial charge >= 0.3 is 7.60 Å². The molecule has 0 rings (SSSR count). The molecule has 0 aromatic rings. The molecule has 92 valence electrons. The van der Waals surface area contributed by atoms with E-state index in [1.807, 2.05) is 0 Å². The third-order valence-electron chi connectivity index (χ3n) is 1.90. The van der Waals surface area contributed by atoms with E-state index in [-0.39, 0.29) is 6.16 Å². The Morgan fingerprint density at radius 3 is 2.00 bits per heavy atom. The highest BCUT2D eigenvalue weighted by atomic mass is 31.2. The quantitative estimate of drug-likeness (QED) is 0.653. The Morgan fingerprint density at radius 2 is 1.73 bits per heavy atom. The monoisotopic (exact) mass is 240 g/mol. The lowest BCUT2D eigenvalue weighted by Crippen LogP contribution is -2.29. The molecule has 0 heterocycles. The minimum absolute atomic E-state index is 0.0723. The van der Waals surface area contributed by atoms with Crippen LogP contribution in [-0.2, 0) is 18.3 Å². The molecular formula is C9H21O5P. The summed E-state index contributed by atoms with van der Waals surface area (Å²) >= 11 is 0. The number of ether oxygens (including phenoxy) is 1. The van der Waals surface area contributed by atoms with Crippen molar-refractivity contribution in [1.82, 2.24) is 0 Å². The molecule has 0 radical (unpaired) electrons. The predicted molar refractivity (Wildman–Crippen MR) is 58.2 cm³/mol. The van der Waals surface area contributed by atoms with Gasteiger partial charge in [-0.3, -0.25) is 4.57 Å². The second-order valence-electron chi connectivity index (χ2n) is 3.14. The minimum Gasteiger partial charge on any atom is -0.391 e. The van der Waals surface area contributed by atoms with E-state index in [0.717, 1.165) is 0 Å². The molecule has 0 amide bonds. The maximum Gasteiger partial charge on any atom is 0.333 e. The highest BCUT2D eigenvalue weighted by Crippen LogP contribution is 2.49. The summed E-state index contributed by atoms with van der Waals surface area (Å²) in [6.45, 7) is 5.70. The van der Waals surface area contributed by atoms with Gasteiger partial charge in [-0.2, -0.15) is 0 Å². The molecule has 5 nitrogen and oxygen atoms in total. The van der Waals surface area contributed by atoms with Crippen LogP contribution in [0, 0.1) is 0 Å². The van der Waals surface area contributed by atoms with Crippen LogP contribution < -0.4 is 0 Å². The molecule has 0 bridgehead atoms. The van der Waals surface area contributed by atoms with E-state index >= 15 is 0 Å². The molecule has 0 aliphatic heterocycles. The standard InChI is InChI=1S/C9H21O5P/c1-5-13-15(11,14-6-2)7-9(12-4)8(3)10/h8-10H,5-7H2,1-4H3. The van der Waals surface area contributed by atoms with Crippen molar-refractivity contribution in [3.05, 3.63) is 0 Å². The average Bonchev–Trinajstić information content (AvgIpc) is 2.14. The molecule has 0 fully saturated rings. The van der Waals surface area contributed by atoms with Gasteiger partial charge in [0.25, 0.3) is 0 Å². The Bertz CT molecular complexity index is 197. The highest BCUT2D eigenvalue weighted by Gasteiger charge is 2.30. The molecule has 0 aliphatic rings. The van der Waals surface area contributed by atoms with Gasteiger partial charge in [-0.25, -0.2) is 0 Å². The van der Waals surface area contributed by atoms with Gasteiger partial charge in [-0.1, -0.05) is 0 Å². The van der Waals surface area contributed by atoms with E-state index in [0.29, 0.717) is 13.2 Å². The minimum atomic E-state index is -3.13. The summed E-state index contributed by atoms with van der Waals surface area (Å²) in [5.74, 6) is 0. The van der Waals surface area contributed by atoms with Gasteiger partial charge in [-0.15, -0.1) is 0 Å². The zero-order chi connectivity index (χ0) is 11.9. The molecule has 0 saturated heterocycles. The first-order valence-electron chi connectivity index (χ1n) is 5.08. The lowest BCUT2D eigenvalue weighted by molar-refractivity contribution is 0.00786. The zero-order valence-corrected chi connectivity index (χ0v) is 10.7. The average molecular weight is 240 g/mol. The lowest BCUT2D eigenvalue weighted by atomic mass is 10.3. The molecule has 0 aromatic carbocycles. The fourth-order valence-electron chi connectivity index (χ4n) is 1.18. The van der Waals surface area contributed by atoms with Gasteiger partial charge in [0.05, 0.1) is 31.6 Å². The second kappa shape index (κ2) is 7.36. The van der Waals surface area contributed by atoms with Crippen LogP contribution in [0.25, 0.3) is 0 Å². The summed E-state index contributed by atoms with van der Waals surface area (Å²) in [5.41, 5.74) is 0. The largest absolute Gasteiger partial charge is 0.391 e. The number of aliphatic hydroxyl groups is 1. The highest BCUT2D eigenvalue weighted by molar-refractivity contribution is 7.53. The maximum absolute atomic E-state index is 12.1. The Kier molecular flexibility index (Phi) is 7.40. The number of rotatable bonds is 8. The van der Waals surface area contributed by atoms with Crippen LogP contribution in [0.4, 0.5) is 0 Å². The molecule has 2 atom stereocenters. The fraction of sp³-hybridized carbons (Fsp3) is 1.00. The molecule has 6 heteroatoms. The topological polar surface area (TPSA) is 65.0 Å². The fourth-order valence-corrected chi connectivity index (χ4v) is 3.15. The molecule has 2 unspecified atom stereocenters. The van der Waals surface area contributed by atoms with Crippen molar-refractivity contribution >= 4 is 7.60 Å². The number of methoxy groups -OCH3 is 1. The van der Waals surface area contributed by atoms with E-state index in [2.05, 4.69) is 0 Å². The third kappa shape index (κ3) is 5.64. The predicted octanol–water partition coefficient (Wildman–Crippen LogP) is 1.65. The smallest absolute Gasteiger partial charge is 0.333 e. The lowest BCUT2D eigenvalue weighted by Gasteiger charge is -2.23. The van der Waals surface area contributed by atoms with E-state index in [9.17, 15) is 9.67 Å². The van der Waals surface area contributed by atoms with Gasteiger partial charge in [-0.05, 0) is 20.8 Å². The van der Waals surface area contributed by atoms with Gasteiger partial charge in [0.1, 0.15) is 0 Å². The molecule has 0 saturated carbocycles. The van der Waals surface area contributed by atoms with Crippen LogP contribution in [0.3, 0.4) is 0 Å². The Hall–Kier alpha value is 0.0700. The van der Waals surface area contributed by atoms with Crippen molar-refractivity contribution in [2.45, 2.75) is 33.0 Å². The van der Waals surface area contributed by atoms with E-state index in [1.54, 1.807) is 20.8 Å². The van der Waals surface area contributed by atoms with E-state index < -0.39 is 19.8 Å². The van der Waals surface area contributed by atoms with Crippen molar-refractivity contribution < 1.29 is 23.5 Å². The first kappa shape index (κ1) is 15.1. The van der Waals surface area contributed by atoms with Gasteiger partial charge in [0.15, 0.2) is 0 Å². The Balaban J connectivity index is 4.43. The summed E-state index contributed by atoms with van der Waals surface area (Å²) in [7, 11) is -1.67. The second-order valence-corrected chi connectivity index (χ2v) is 5.25. The SMILES string of the molecule is CCOP(=O)(CC(OC)C(C)O)OCC. The van der Waals surface area contributed by atoms with E-state index in [1.165, 1.54) is 7.11 Å². The summed E-state index contributed by atoms with van der Waals surface area (Å²) in [4.78, 5) is 0.